The van der Waals surface area contributed by atoms with E-state index in [2.05, 4.69) is 17.2 Å². The third kappa shape index (κ3) is 6.93. The van der Waals surface area contributed by atoms with Crippen LogP contribution >= 0.6 is 0 Å². The number of carbonyl (C=O) groups is 1. The number of nitrogens with two attached hydrogens (primary N) is 1. The molecule has 1 aromatic carbocycles. The van der Waals surface area contributed by atoms with Crippen LogP contribution in [0.5, 0.6) is 0 Å². The van der Waals surface area contributed by atoms with Crippen LogP contribution in [-0.4, -0.2) is 25.7 Å². The minimum atomic E-state index is 0.0446. The van der Waals surface area contributed by atoms with Gasteiger partial charge in [-0.25, -0.2) is 0 Å². The maximum absolute atomic E-state index is 11.6. The Labute approximate surface area is 120 Å². The Morgan fingerprint density at radius 3 is 3.05 bits per heavy atom. The summed E-state index contributed by atoms with van der Waals surface area (Å²) in [6.45, 7) is 4.14. The predicted octanol–water partition coefficient (Wildman–Crippen LogP) is 1.43. The minimum absolute atomic E-state index is 0.0446. The van der Waals surface area contributed by atoms with Crippen molar-refractivity contribution in [3.8, 4) is 11.8 Å². The monoisotopic (exact) mass is 274 g/mol. The molecule has 0 fully saturated rings. The first-order valence-electron chi connectivity index (χ1n) is 6.88. The summed E-state index contributed by atoms with van der Waals surface area (Å²) in [5.74, 6) is 5.83. The van der Waals surface area contributed by atoms with Gasteiger partial charge in [-0.3, -0.25) is 4.79 Å². The third-order valence-corrected chi connectivity index (χ3v) is 2.65. The lowest BCUT2D eigenvalue weighted by Crippen LogP contribution is -2.22. The van der Waals surface area contributed by atoms with Crippen molar-refractivity contribution in [1.82, 2.24) is 5.32 Å². The summed E-state index contributed by atoms with van der Waals surface area (Å²) in [5.41, 5.74) is 7.29. The molecule has 3 N–H and O–H groups in total. The SMILES string of the molecule is CCOCCCC(=O)NCc1cccc(C#CCN)c1. The molecule has 1 rings (SSSR count). The van der Waals surface area contributed by atoms with Crippen molar-refractivity contribution >= 4 is 5.91 Å². The molecule has 0 saturated carbocycles. The molecule has 0 aliphatic heterocycles. The number of rotatable bonds is 7. The number of hydrogen-bond acceptors (Lipinski definition) is 3. The largest absolute Gasteiger partial charge is 0.382 e. The molecule has 4 heteroatoms. The first-order valence-corrected chi connectivity index (χ1v) is 6.88. The highest BCUT2D eigenvalue weighted by atomic mass is 16.5. The number of amides is 1. The van der Waals surface area contributed by atoms with Crippen LogP contribution in [0.25, 0.3) is 0 Å². The van der Waals surface area contributed by atoms with Crippen LogP contribution in [0.4, 0.5) is 0 Å². The molecule has 1 amide bonds. The maximum atomic E-state index is 11.6. The van der Waals surface area contributed by atoms with Crippen molar-refractivity contribution in [3.63, 3.8) is 0 Å². The Kier molecular flexibility index (Phi) is 8.13. The summed E-state index contributed by atoms with van der Waals surface area (Å²) in [6, 6.07) is 7.78. The fraction of sp³-hybridized carbons (Fsp3) is 0.438. The molecule has 108 valence electrons. The van der Waals surface area contributed by atoms with Gasteiger partial charge >= 0.3 is 0 Å². The molecule has 0 aromatic heterocycles. The highest BCUT2D eigenvalue weighted by Gasteiger charge is 2.01. The van der Waals surface area contributed by atoms with Crippen LogP contribution in [0.1, 0.15) is 30.9 Å². The molecule has 0 heterocycles. The molecule has 0 spiro atoms. The Morgan fingerprint density at radius 2 is 2.30 bits per heavy atom. The van der Waals surface area contributed by atoms with Gasteiger partial charge in [0.25, 0.3) is 0 Å². The lowest BCUT2D eigenvalue weighted by Gasteiger charge is -2.06. The van der Waals surface area contributed by atoms with E-state index in [0.717, 1.165) is 17.5 Å². The summed E-state index contributed by atoms with van der Waals surface area (Å²) in [7, 11) is 0. The van der Waals surface area contributed by atoms with E-state index in [1.165, 1.54) is 0 Å². The predicted molar refractivity (Wildman–Crippen MR) is 79.9 cm³/mol. The second kappa shape index (κ2) is 10.0. The summed E-state index contributed by atoms with van der Waals surface area (Å²) in [4.78, 5) is 11.6. The zero-order valence-electron chi connectivity index (χ0n) is 11.9. The highest BCUT2D eigenvalue weighted by Crippen LogP contribution is 2.04. The van der Waals surface area contributed by atoms with E-state index in [1.807, 2.05) is 31.2 Å². The molecule has 0 aliphatic carbocycles. The molecule has 0 aliphatic rings. The van der Waals surface area contributed by atoms with E-state index in [0.29, 0.717) is 32.7 Å². The van der Waals surface area contributed by atoms with Crippen molar-refractivity contribution in [2.45, 2.75) is 26.3 Å². The summed E-state index contributed by atoms with van der Waals surface area (Å²) < 4.78 is 5.19. The van der Waals surface area contributed by atoms with Gasteiger partial charge in [0, 0.05) is 31.7 Å². The quantitative estimate of drug-likeness (QED) is 0.584. The van der Waals surface area contributed by atoms with Gasteiger partial charge in [-0.05, 0) is 31.0 Å². The van der Waals surface area contributed by atoms with Crippen molar-refractivity contribution < 1.29 is 9.53 Å². The van der Waals surface area contributed by atoms with Gasteiger partial charge in [-0.2, -0.15) is 0 Å². The van der Waals surface area contributed by atoms with Gasteiger partial charge in [0.05, 0.1) is 6.54 Å². The molecule has 0 bridgehead atoms. The molecular weight excluding hydrogens is 252 g/mol. The van der Waals surface area contributed by atoms with E-state index >= 15 is 0 Å². The van der Waals surface area contributed by atoms with Crippen molar-refractivity contribution in [3.05, 3.63) is 35.4 Å². The number of carbonyl (C=O) groups excluding carboxylic acids is 1. The normalized spacial score (nSPS) is 9.70. The number of nitrogens with one attached hydrogen (secondary N) is 1. The van der Waals surface area contributed by atoms with Crippen molar-refractivity contribution in [2.24, 2.45) is 5.73 Å². The maximum Gasteiger partial charge on any atom is 0.220 e. The van der Waals surface area contributed by atoms with E-state index in [9.17, 15) is 4.79 Å². The third-order valence-electron chi connectivity index (χ3n) is 2.65. The summed E-state index contributed by atoms with van der Waals surface area (Å²) in [6.07, 6.45) is 1.24. The van der Waals surface area contributed by atoms with E-state index in [1.54, 1.807) is 0 Å². The molecule has 1 aromatic rings. The first kappa shape index (κ1) is 16.2. The van der Waals surface area contributed by atoms with Gasteiger partial charge in [-0.15, -0.1) is 0 Å². The van der Waals surface area contributed by atoms with Gasteiger partial charge in [0.1, 0.15) is 0 Å². The molecule has 0 unspecified atom stereocenters. The number of benzene rings is 1. The smallest absolute Gasteiger partial charge is 0.220 e. The lowest BCUT2D eigenvalue weighted by atomic mass is 10.1. The van der Waals surface area contributed by atoms with Gasteiger partial charge < -0.3 is 15.8 Å². The fourth-order valence-electron chi connectivity index (χ4n) is 1.68. The Balaban J connectivity index is 2.35. The van der Waals surface area contributed by atoms with Crippen molar-refractivity contribution in [2.75, 3.05) is 19.8 Å². The second-order valence-electron chi connectivity index (χ2n) is 4.28. The standard InChI is InChI=1S/C16H22N2O2/c1-2-20-11-5-9-16(19)18-13-15-7-3-6-14(12-15)8-4-10-17/h3,6-7,12H,2,5,9-11,13,17H2,1H3,(H,18,19). The Hall–Kier alpha value is -1.83. The van der Waals surface area contributed by atoms with Gasteiger partial charge in [0.2, 0.25) is 5.91 Å². The average Bonchev–Trinajstić information content (AvgIpc) is 2.48. The summed E-state index contributed by atoms with van der Waals surface area (Å²) in [5, 5.41) is 2.89. The summed E-state index contributed by atoms with van der Waals surface area (Å²) >= 11 is 0. The van der Waals surface area contributed by atoms with Crippen LogP contribution < -0.4 is 11.1 Å². The van der Waals surface area contributed by atoms with E-state index in [-0.39, 0.29) is 5.91 Å². The number of ether oxygens (including phenoxy) is 1. The van der Waals surface area contributed by atoms with Crippen molar-refractivity contribution in [1.29, 1.82) is 0 Å². The van der Waals surface area contributed by atoms with Crippen LogP contribution in [0.3, 0.4) is 0 Å². The Bertz CT molecular complexity index is 475. The van der Waals surface area contributed by atoms with Crippen LogP contribution in [0.2, 0.25) is 0 Å². The molecule has 0 atom stereocenters. The van der Waals surface area contributed by atoms with E-state index in [4.69, 9.17) is 10.5 Å². The van der Waals surface area contributed by atoms with Gasteiger partial charge in [0.15, 0.2) is 0 Å². The zero-order valence-corrected chi connectivity index (χ0v) is 11.9. The first-order chi connectivity index (χ1) is 9.76. The zero-order chi connectivity index (χ0) is 14.6. The Morgan fingerprint density at radius 1 is 1.45 bits per heavy atom. The second-order valence-corrected chi connectivity index (χ2v) is 4.28. The van der Waals surface area contributed by atoms with Crippen LogP contribution in [-0.2, 0) is 16.1 Å². The molecule has 20 heavy (non-hydrogen) atoms. The highest BCUT2D eigenvalue weighted by molar-refractivity contribution is 5.75. The van der Waals surface area contributed by atoms with E-state index < -0.39 is 0 Å². The van der Waals surface area contributed by atoms with Crippen LogP contribution in [0, 0.1) is 11.8 Å². The number of hydrogen-bond donors (Lipinski definition) is 2. The fourth-order valence-corrected chi connectivity index (χ4v) is 1.68. The molecular formula is C16H22N2O2. The topological polar surface area (TPSA) is 64.3 Å². The van der Waals surface area contributed by atoms with Crippen LogP contribution in [0.15, 0.2) is 24.3 Å². The molecule has 4 nitrogen and oxygen atoms in total. The minimum Gasteiger partial charge on any atom is -0.382 e. The lowest BCUT2D eigenvalue weighted by molar-refractivity contribution is -0.121. The molecule has 0 radical (unpaired) electrons. The van der Waals surface area contributed by atoms with Gasteiger partial charge in [-0.1, -0.05) is 24.0 Å². The average molecular weight is 274 g/mol. The molecule has 0 saturated heterocycles.